The number of aliphatic carboxylic acids is 1. The van der Waals surface area contributed by atoms with Gasteiger partial charge in [-0.05, 0) is 79.8 Å². The fourth-order valence-corrected chi connectivity index (χ4v) is 5.44. The molecule has 2 aliphatic rings. The number of rotatable bonds is 8. The summed E-state index contributed by atoms with van der Waals surface area (Å²) in [6.07, 6.45) is 2.39. The van der Waals surface area contributed by atoms with Gasteiger partial charge in [-0.15, -0.1) is 0 Å². The third-order valence-corrected chi connectivity index (χ3v) is 7.77. The molecule has 0 saturated heterocycles. The first-order chi connectivity index (χ1) is 19.4. The fraction of sp³-hybridized carbons (Fsp3) is 0.219. The third kappa shape index (κ3) is 6.47. The first-order valence-electron chi connectivity index (χ1n) is 13.1. The molecular formula is C32H24Cl2NNaO5. The summed E-state index contributed by atoms with van der Waals surface area (Å²) >= 11 is 12.6. The van der Waals surface area contributed by atoms with E-state index in [1.165, 1.54) is 0 Å². The van der Waals surface area contributed by atoms with Gasteiger partial charge in [-0.2, -0.15) is 0 Å². The number of hydrogen-bond acceptors (Lipinski definition) is 6. The van der Waals surface area contributed by atoms with Crippen molar-refractivity contribution in [2.75, 3.05) is 6.61 Å². The first kappa shape index (κ1) is 29.6. The van der Waals surface area contributed by atoms with Crippen molar-refractivity contribution in [3.63, 3.8) is 0 Å². The van der Waals surface area contributed by atoms with Crippen molar-refractivity contribution in [1.29, 1.82) is 0 Å². The quantitative estimate of drug-likeness (QED) is 0.228. The van der Waals surface area contributed by atoms with Crippen molar-refractivity contribution in [1.82, 2.24) is 4.98 Å². The van der Waals surface area contributed by atoms with Crippen LogP contribution in [0.15, 0.2) is 72.8 Å². The van der Waals surface area contributed by atoms with E-state index in [9.17, 15) is 14.7 Å². The van der Waals surface area contributed by atoms with E-state index in [4.69, 9.17) is 32.7 Å². The Morgan fingerprint density at radius 2 is 1.71 bits per heavy atom. The van der Waals surface area contributed by atoms with Crippen molar-refractivity contribution in [2.24, 2.45) is 0 Å². The number of aromatic nitrogens is 1. The minimum absolute atomic E-state index is 0. The summed E-state index contributed by atoms with van der Waals surface area (Å²) < 4.78 is 12.2. The number of fused-ring (bicyclic) bond motifs is 1. The van der Waals surface area contributed by atoms with Crippen LogP contribution in [-0.2, 0) is 11.2 Å². The van der Waals surface area contributed by atoms with Crippen LogP contribution in [0.3, 0.4) is 0 Å². The smallest absolute Gasteiger partial charge is 0.549 e. The predicted octanol–water partition coefficient (Wildman–Crippen LogP) is 3.77. The number of benzene rings is 3. The molecule has 1 fully saturated rings. The molecule has 0 spiro atoms. The first-order valence-corrected chi connectivity index (χ1v) is 13.9. The zero-order chi connectivity index (χ0) is 27.8. The van der Waals surface area contributed by atoms with Crippen LogP contribution in [0.1, 0.15) is 58.3 Å². The zero-order valence-corrected chi connectivity index (χ0v) is 25.9. The molecule has 1 unspecified atom stereocenters. The van der Waals surface area contributed by atoms with Crippen LogP contribution in [0.2, 0.25) is 10.0 Å². The number of ether oxygens (including phenoxy) is 2. The summed E-state index contributed by atoms with van der Waals surface area (Å²) in [5.41, 5.74) is 4.24. The standard InChI is InChI=1S/C32H25Cl2NO5.Na/c33-21-10-6-18(7-11-21)27-3-1-2-22(35-27)16-28(36)19-8-12-23(13-9-19)40-31-26(34)17-25-24(32(37)38)14-15-39-30(25)29(31)20-4-5-20;/h1-3,6-13,17,20,24H,4-5,14-16H2,(H,37,38);/q;+1/p-1. The minimum atomic E-state index is -1.14. The molecule has 0 radical (unpaired) electrons. The number of hydrogen-bond donors (Lipinski definition) is 0. The van der Waals surface area contributed by atoms with Crippen LogP contribution in [0.4, 0.5) is 0 Å². The van der Waals surface area contributed by atoms with Crippen molar-refractivity contribution >= 4 is 35.0 Å². The Kier molecular flexibility index (Phi) is 9.07. The van der Waals surface area contributed by atoms with Gasteiger partial charge in [0, 0.05) is 44.9 Å². The van der Waals surface area contributed by atoms with Crippen LogP contribution in [-0.4, -0.2) is 23.3 Å². The Hall–Kier alpha value is -2.87. The van der Waals surface area contributed by atoms with Crippen LogP contribution in [0, 0.1) is 0 Å². The molecule has 1 saturated carbocycles. The van der Waals surface area contributed by atoms with Gasteiger partial charge in [-0.3, -0.25) is 9.78 Å². The second-order valence-electron chi connectivity index (χ2n) is 10.1. The normalized spacial score (nSPS) is 15.7. The van der Waals surface area contributed by atoms with Gasteiger partial charge in [-0.25, -0.2) is 0 Å². The van der Waals surface area contributed by atoms with E-state index in [0.717, 1.165) is 29.7 Å². The summed E-state index contributed by atoms with van der Waals surface area (Å²) in [5.74, 6) is -0.260. The molecule has 0 bridgehead atoms. The number of carboxylic acid groups (broad SMARTS) is 1. The number of Topliss-reactive ketones (excluding diaryl/α,β-unsaturated/α-hetero) is 1. The maximum atomic E-state index is 13.0. The third-order valence-electron chi connectivity index (χ3n) is 7.23. The maximum absolute atomic E-state index is 13.0. The van der Waals surface area contributed by atoms with Crippen LogP contribution in [0.5, 0.6) is 17.2 Å². The van der Waals surface area contributed by atoms with E-state index in [2.05, 4.69) is 4.98 Å². The van der Waals surface area contributed by atoms with E-state index in [1.54, 1.807) is 30.3 Å². The average Bonchev–Trinajstić information content (AvgIpc) is 3.79. The molecule has 1 aromatic heterocycles. The van der Waals surface area contributed by atoms with Gasteiger partial charge in [0.05, 0.1) is 23.7 Å². The van der Waals surface area contributed by atoms with Gasteiger partial charge in [0.2, 0.25) is 0 Å². The van der Waals surface area contributed by atoms with Crippen LogP contribution < -0.4 is 44.1 Å². The predicted molar refractivity (Wildman–Crippen MR) is 151 cm³/mol. The Balaban J connectivity index is 0.00000337. The van der Waals surface area contributed by atoms with Crippen LogP contribution in [0.25, 0.3) is 11.3 Å². The second-order valence-corrected chi connectivity index (χ2v) is 10.9. The number of carbonyl (C=O) groups excluding carboxylic acids is 2. The largest absolute Gasteiger partial charge is 1.00 e. The van der Waals surface area contributed by atoms with Gasteiger partial charge in [0.25, 0.3) is 0 Å². The van der Waals surface area contributed by atoms with E-state index in [0.29, 0.717) is 57.1 Å². The van der Waals surface area contributed by atoms with Crippen molar-refractivity contribution in [3.05, 3.63) is 105 Å². The molecule has 4 aromatic rings. The number of pyridine rings is 1. The van der Waals surface area contributed by atoms with Crippen LogP contribution >= 0.6 is 23.2 Å². The Morgan fingerprint density at radius 3 is 2.39 bits per heavy atom. The van der Waals surface area contributed by atoms with Gasteiger partial charge >= 0.3 is 29.6 Å². The number of ketones is 1. The van der Waals surface area contributed by atoms with Gasteiger partial charge in [-0.1, -0.05) is 41.4 Å². The Morgan fingerprint density at radius 1 is 0.976 bits per heavy atom. The summed E-state index contributed by atoms with van der Waals surface area (Å²) in [7, 11) is 0. The number of carboxylic acids is 1. The summed E-state index contributed by atoms with van der Waals surface area (Å²) in [6, 6.07) is 21.5. The SMILES string of the molecule is O=C(Cc1cccc(-c2ccc(Cl)cc2)n1)c1ccc(Oc2c(Cl)cc3c(c2C2CC2)OCCC3C(=O)[O-])cc1.[Na+]. The summed E-state index contributed by atoms with van der Waals surface area (Å²) in [4.78, 5) is 29.4. The second kappa shape index (κ2) is 12.6. The molecule has 3 aromatic carbocycles. The topological polar surface area (TPSA) is 88.6 Å². The molecule has 9 heteroatoms. The number of halogens is 2. The molecule has 41 heavy (non-hydrogen) atoms. The van der Waals surface area contributed by atoms with E-state index in [-0.39, 0.29) is 47.7 Å². The van der Waals surface area contributed by atoms with Gasteiger partial charge in [0.1, 0.15) is 11.5 Å². The zero-order valence-electron chi connectivity index (χ0n) is 22.4. The van der Waals surface area contributed by atoms with E-state index >= 15 is 0 Å². The molecule has 6 rings (SSSR count). The number of nitrogens with zero attached hydrogens (tertiary/aromatic N) is 1. The van der Waals surface area contributed by atoms with E-state index in [1.807, 2.05) is 42.5 Å². The molecule has 1 aliphatic heterocycles. The van der Waals surface area contributed by atoms with Crippen molar-refractivity contribution in [2.45, 2.75) is 37.5 Å². The molecule has 1 aliphatic carbocycles. The summed E-state index contributed by atoms with van der Waals surface area (Å²) in [5, 5.41) is 12.7. The molecule has 0 N–H and O–H groups in total. The van der Waals surface area contributed by atoms with E-state index < -0.39 is 11.9 Å². The van der Waals surface area contributed by atoms with Gasteiger partial charge < -0.3 is 19.4 Å². The Labute approximate surface area is 269 Å². The molecule has 1 atom stereocenters. The van der Waals surface area contributed by atoms with Gasteiger partial charge in [0.15, 0.2) is 11.5 Å². The molecular weight excluding hydrogens is 572 g/mol. The number of carbonyl (C=O) groups is 2. The molecule has 202 valence electrons. The van der Waals surface area contributed by atoms with Crippen molar-refractivity contribution < 1.29 is 53.7 Å². The molecule has 6 nitrogen and oxygen atoms in total. The Bertz CT molecular complexity index is 1600. The molecule has 2 heterocycles. The minimum Gasteiger partial charge on any atom is -0.549 e. The summed E-state index contributed by atoms with van der Waals surface area (Å²) in [6.45, 7) is 0.292. The van der Waals surface area contributed by atoms with Crippen molar-refractivity contribution in [3.8, 4) is 28.5 Å². The fourth-order valence-electron chi connectivity index (χ4n) is 5.05. The molecule has 0 amide bonds. The average molecular weight is 596 g/mol. The monoisotopic (exact) mass is 595 g/mol. The maximum Gasteiger partial charge on any atom is 1.00 e.